The molecule has 1 aliphatic rings. The second kappa shape index (κ2) is 16.9. The van der Waals surface area contributed by atoms with Crippen molar-refractivity contribution in [2.75, 3.05) is 17.5 Å². The summed E-state index contributed by atoms with van der Waals surface area (Å²) in [6, 6.07) is 26.3. The fraction of sp³-hybridized carbons (Fsp3) is 0.297. The highest BCUT2D eigenvalue weighted by Crippen LogP contribution is 2.29. The largest absolute Gasteiger partial charge is 0.494 e. The molecule has 8 nitrogen and oxygen atoms in total. The van der Waals surface area contributed by atoms with Crippen LogP contribution in [0.5, 0.6) is 5.75 Å². The monoisotopic (exact) mass is 785 g/mol. The smallest absolute Gasteiger partial charge is 0.264 e. The Morgan fingerprint density at radius 3 is 2.20 bits per heavy atom. The molecule has 0 unspecified atom stereocenters. The molecule has 49 heavy (non-hydrogen) atoms. The van der Waals surface area contributed by atoms with Gasteiger partial charge in [0.2, 0.25) is 11.8 Å². The van der Waals surface area contributed by atoms with Gasteiger partial charge in [0.15, 0.2) is 0 Å². The van der Waals surface area contributed by atoms with E-state index in [1.54, 1.807) is 54.6 Å². The molecule has 0 aromatic heterocycles. The van der Waals surface area contributed by atoms with E-state index in [1.165, 1.54) is 17.0 Å². The summed E-state index contributed by atoms with van der Waals surface area (Å²) in [6.07, 6.45) is 3.98. The zero-order chi connectivity index (χ0) is 35.0. The van der Waals surface area contributed by atoms with Crippen molar-refractivity contribution in [3.63, 3.8) is 0 Å². The van der Waals surface area contributed by atoms with E-state index in [1.807, 2.05) is 37.3 Å². The van der Waals surface area contributed by atoms with Crippen LogP contribution in [0.4, 0.5) is 5.69 Å². The average Bonchev–Trinajstić information content (AvgIpc) is 3.61. The summed E-state index contributed by atoms with van der Waals surface area (Å²) in [4.78, 5) is 30.3. The van der Waals surface area contributed by atoms with Crippen LogP contribution in [0.3, 0.4) is 0 Å². The van der Waals surface area contributed by atoms with Crippen LogP contribution < -0.4 is 14.4 Å². The molecule has 1 N–H and O–H groups in total. The van der Waals surface area contributed by atoms with Gasteiger partial charge in [0.05, 0.1) is 27.2 Å². The number of carbonyl (C=O) groups excluding carboxylic acids is 2. The van der Waals surface area contributed by atoms with Gasteiger partial charge in [-0.1, -0.05) is 88.4 Å². The zero-order valence-corrected chi connectivity index (χ0v) is 30.9. The molecule has 0 bridgehead atoms. The summed E-state index contributed by atoms with van der Waals surface area (Å²) in [6.45, 7) is 1.71. The molecule has 0 saturated heterocycles. The number of nitrogens with zero attached hydrogens (tertiary/aromatic N) is 2. The molecular weight excluding hydrogens is 749 g/mol. The number of rotatable bonds is 14. The van der Waals surface area contributed by atoms with Crippen molar-refractivity contribution in [3.05, 3.63) is 123 Å². The summed E-state index contributed by atoms with van der Waals surface area (Å²) in [5.74, 6) is -0.304. The molecule has 5 rings (SSSR count). The molecule has 12 heteroatoms. The number of hydrogen-bond acceptors (Lipinski definition) is 5. The lowest BCUT2D eigenvalue weighted by Crippen LogP contribution is -2.54. The molecule has 1 saturated carbocycles. The number of benzene rings is 4. The van der Waals surface area contributed by atoms with Gasteiger partial charge >= 0.3 is 0 Å². The number of carbonyl (C=O) groups is 2. The third-order valence-electron chi connectivity index (χ3n) is 8.43. The summed E-state index contributed by atoms with van der Waals surface area (Å²) < 4.78 is 35.9. The lowest BCUT2D eigenvalue weighted by Gasteiger charge is -2.34. The van der Waals surface area contributed by atoms with Gasteiger partial charge in [-0.25, -0.2) is 8.42 Å². The van der Waals surface area contributed by atoms with Gasteiger partial charge in [0, 0.05) is 23.5 Å². The van der Waals surface area contributed by atoms with Crippen molar-refractivity contribution in [1.29, 1.82) is 0 Å². The van der Waals surface area contributed by atoms with Gasteiger partial charge in [-0.3, -0.25) is 13.9 Å². The topological polar surface area (TPSA) is 96.0 Å². The van der Waals surface area contributed by atoms with Gasteiger partial charge in [0.1, 0.15) is 18.3 Å². The quantitative estimate of drug-likeness (QED) is 0.140. The first-order valence-electron chi connectivity index (χ1n) is 16.1. The van der Waals surface area contributed by atoms with Gasteiger partial charge < -0.3 is 15.0 Å². The Hall–Kier alpha value is -3.57. The molecular formula is C37H38BrCl2N3O5S. The van der Waals surface area contributed by atoms with Crippen LogP contribution >= 0.6 is 39.1 Å². The highest BCUT2D eigenvalue weighted by atomic mass is 79.9. The maximum atomic E-state index is 14.7. The van der Waals surface area contributed by atoms with E-state index in [-0.39, 0.29) is 35.5 Å². The average molecular weight is 788 g/mol. The minimum Gasteiger partial charge on any atom is -0.494 e. The molecule has 4 aromatic rings. The fourth-order valence-corrected chi connectivity index (χ4v) is 7.89. The lowest BCUT2D eigenvalue weighted by molar-refractivity contribution is -0.140. The van der Waals surface area contributed by atoms with Crippen LogP contribution in [0.1, 0.15) is 43.7 Å². The number of halogens is 3. The summed E-state index contributed by atoms with van der Waals surface area (Å²) in [7, 11) is -4.25. The number of sulfonamides is 1. The van der Waals surface area contributed by atoms with E-state index in [4.69, 9.17) is 27.9 Å². The third kappa shape index (κ3) is 9.57. The highest BCUT2D eigenvalue weighted by Gasteiger charge is 2.35. The van der Waals surface area contributed by atoms with E-state index >= 15 is 0 Å². The Balaban J connectivity index is 1.57. The number of amides is 2. The second-order valence-electron chi connectivity index (χ2n) is 11.9. The van der Waals surface area contributed by atoms with Gasteiger partial charge in [-0.05, 0) is 91.6 Å². The van der Waals surface area contributed by atoms with Crippen molar-refractivity contribution in [2.24, 2.45) is 0 Å². The van der Waals surface area contributed by atoms with Crippen LogP contribution in [-0.4, -0.2) is 50.4 Å². The lowest BCUT2D eigenvalue weighted by atomic mass is 10.0. The van der Waals surface area contributed by atoms with Crippen LogP contribution in [0, 0.1) is 0 Å². The highest BCUT2D eigenvalue weighted by molar-refractivity contribution is 9.10. The Morgan fingerprint density at radius 1 is 0.898 bits per heavy atom. The molecule has 258 valence electrons. The molecule has 0 radical (unpaired) electrons. The maximum Gasteiger partial charge on any atom is 0.264 e. The van der Waals surface area contributed by atoms with Crippen molar-refractivity contribution in [3.8, 4) is 5.75 Å². The van der Waals surface area contributed by atoms with E-state index in [0.717, 1.165) is 35.6 Å². The first kappa shape index (κ1) is 36.7. The Morgan fingerprint density at radius 2 is 1.57 bits per heavy atom. The van der Waals surface area contributed by atoms with E-state index in [9.17, 15) is 18.0 Å². The number of anilines is 1. The summed E-state index contributed by atoms with van der Waals surface area (Å²) >= 11 is 16.0. The summed E-state index contributed by atoms with van der Waals surface area (Å²) in [5, 5.41) is 3.83. The van der Waals surface area contributed by atoms with Crippen molar-refractivity contribution < 1.29 is 22.7 Å². The molecule has 0 heterocycles. The standard InChI is InChI=1S/C37H38BrCl2N3O5S/c1-2-48-31-17-15-30(16-18-31)43(49(46,47)32-19-13-28(38)14-20-32)25-36(44)42(24-27-12-21-33(39)34(40)22-27)35(23-26-8-4-3-5-9-26)37(45)41-29-10-6-7-11-29/h3-5,8-9,12-22,29,35H,2,6-7,10-11,23-25H2,1H3,(H,41,45)/t35-/m0/s1. The van der Waals surface area contributed by atoms with E-state index < -0.39 is 28.5 Å². The second-order valence-corrected chi connectivity index (χ2v) is 15.5. The van der Waals surface area contributed by atoms with Crippen LogP contribution in [0.15, 0.2) is 106 Å². The summed E-state index contributed by atoms with van der Waals surface area (Å²) in [5.41, 5.74) is 1.76. The van der Waals surface area contributed by atoms with Crippen molar-refractivity contribution in [2.45, 2.75) is 62.6 Å². The molecule has 0 aliphatic heterocycles. The van der Waals surface area contributed by atoms with E-state index in [0.29, 0.717) is 32.4 Å². The molecule has 1 aliphatic carbocycles. The molecule has 0 spiro atoms. The number of ether oxygens (including phenoxy) is 1. The maximum absolute atomic E-state index is 14.7. The van der Waals surface area contributed by atoms with Gasteiger partial charge in [-0.15, -0.1) is 0 Å². The zero-order valence-electron chi connectivity index (χ0n) is 27.0. The Labute approximate surface area is 306 Å². The van der Waals surface area contributed by atoms with Crippen LogP contribution in [0.2, 0.25) is 10.0 Å². The first-order chi connectivity index (χ1) is 23.5. The normalized spacial score (nSPS) is 13.9. The SMILES string of the molecule is CCOc1ccc(N(CC(=O)N(Cc2ccc(Cl)c(Cl)c2)[C@@H](Cc2ccccc2)C(=O)NC2CCCC2)S(=O)(=O)c2ccc(Br)cc2)cc1. The predicted octanol–water partition coefficient (Wildman–Crippen LogP) is 8.05. The Bertz CT molecular complexity index is 1840. The molecule has 4 aromatic carbocycles. The van der Waals surface area contributed by atoms with Crippen molar-refractivity contribution >= 4 is 66.7 Å². The number of nitrogens with one attached hydrogen (secondary N) is 1. The minimum absolute atomic E-state index is 0.00540. The number of hydrogen-bond donors (Lipinski definition) is 1. The molecule has 1 fully saturated rings. The molecule has 1 atom stereocenters. The first-order valence-corrected chi connectivity index (χ1v) is 19.1. The van der Waals surface area contributed by atoms with Gasteiger partial charge in [-0.2, -0.15) is 0 Å². The third-order valence-corrected chi connectivity index (χ3v) is 11.5. The van der Waals surface area contributed by atoms with Gasteiger partial charge in [0.25, 0.3) is 10.0 Å². The molecule has 2 amide bonds. The van der Waals surface area contributed by atoms with Crippen LogP contribution in [0.25, 0.3) is 0 Å². The van der Waals surface area contributed by atoms with E-state index in [2.05, 4.69) is 21.2 Å². The minimum atomic E-state index is -4.25. The predicted molar refractivity (Wildman–Crippen MR) is 198 cm³/mol. The van der Waals surface area contributed by atoms with Crippen molar-refractivity contribution in [1.82, 2.24) is 10.2 Å². The Kier molecular flexibility index (Phi) is 12.7. The van der Waals surface area contributed by atoms with Crippen LogP contribution in [-0.2, 0) is 32.6 Å². The fourth-order valence-electron chi connectivity index (χ4n) is 5.89.